The number of likely N-dealkylation sites (tertiary alicyclic amines) is 1. The lowest BCUT2D eigenvalue weighted by Gasteiger charge is -2.46. The lowest BCUT2D eigenvalue weighted by atomic mass is 9.69. The van der Waals surface area contributed by atoms with Crippen LogP contribution in [0.4, 0.5) is 10.5 Å². The van der Waals surface area contributed by atoms with Gasteiger partial charge in [0.1, 0.15) is 0 Å². The summed E-state index contributed by atoms with van der Waals surface area (Å²) in [6.07, 6.45) is 10.6. The molecule has 2 heterocycles. The molecule has 0 radical (unpaired) electrons. The Hall–Kier alpha value is -1.55. The second kappa shape index (κ2) is 7.05. The summed E-state index contributed by atoms with van der Waals surface area (Å²) < 4.78 is 0. The van der Waals surface area contributed by atoms with Gasteiger partial charge in [-0.1, -0.05) is 24.6 Å². The number of para-hydroxylation sites is 1. The van der Waals surface area contributed by atoms with E-state index in [1.54, 1.807) is 4.90 Å². The average molecular weight is 382 g/mol. The molecule has 2 aliphatic carbocycles. The monoisotopic (exact) mass is 381 g/mol. The van der Waals surface area contributed by atoms with Crippen LogP contribution in [0.1, 0.15) is 63.9 Å². The number of hydrogen-bond donors (Lipinski definition) is 1. The Labute approximate surface area is 169 Å². The van der Waals surface area contributed by atoms with Gasteiger partial charge in [-0.15, -0.1) is 0 Å². The van der Waals surface area contributed by atoms with Crippen LogP contribution in [0.25, 0.3) is 0 Å². The fraction of sp³-hybridized carbons (Fsp3) is 0.708. The maximum Gasteiger partial charge on any atom is 0.319 e. The molecule has 1 aromatic carbocycles. The second-order valence-electron chi connectivity index (χ2n) is 10.0. The first kappa shape index (κ1) is 18.5. The molecule has 3 fully saturated rings. The molecule has 1 saturated heterocycles. The first-order chi connectivity index (χ1) is 13.6. The molecule has 2 N–H and O–H groups in total. The number of fused-ring (bicyclic) bond motifs is 4. The van der Waals surface area contributed by atoms with Gasteiger partial charge in [0, 0.05) is 18.3 Å². The summed E-state index contributed by atoms with van der Waals surface area (Å²) in [6, 6.07) is 8.95. The van der Waals surface area contributed by atoms with Crippen LogP contribution in [0.15, 0.2) is 24.3 Å². The summed E-state index contributed by atoms with van der Waals surface area (Å²) in [5, 5.41) is 0. The quantitative estimate of drug-likeness (QED) is 0.818. The number of urea groups is 1. The van der Waals surface area contributed by atoms with E-state index in [1.165, 1.54) is 63.6 Å². The van der Waals surface area contributed by atoms with Crippen molar-refractivity contribution in [1.82, 2.24) is 4.90 Å². The Morgan fingerprint density at radius 3 is 2.57 bits per heavy atom. The van der Waals surface area contributed by atoms with Crippen LogP contribution < -0.4 is 10.6 Å². The van der Waals surface area contributed by atoms with Crippen LogP contribution in [0.2, 0.25) is 0 Å². The summed E-state index contributed by atoms with van der Waals surface area (Å²) in [5.74, 6) is 2.96. The number of carbonyl (C=O) groups is 1. The number of primary amides is 1. The first-order valence-electron chi connectivity index (χ1n) is 11.5. The number of nitrogens with two attached hydrogens (primary N) is 1. The van der Waals surface area contributed by atoms with Crippen molar-refractivity contribution in [2.75, 3.05) is 24.5 Å². The minimum absolute atomic E-state index is 0.214. The van der Waals surface area contributed by atoms with Crippen molar-refractivity contribution in [3.05, 3.63) is 29.8 Å². The fourth-order valence-corrected chi connectivity index (χ4v) is 7.25. The lowest BCUT2D eigenvalue weighted by Crippen LogP contribution is -2.49. The van der Waals surface area contributed by atoms with Crippen molar-refractivity contribution < 1.29 is 4.79 Å². The third-order valence-corrected chi connectivity index (χ3v) is 8.81. The highest BCUT2D eigenvalue weighted by atomic mass is 16.2. The predicted octanol–water partition coefficient (Wildman–Crippen LogP) is 4.52. The van der Waals surface area contributed by atoms with Crippen LogP contribution in [0.3, 0.4) is 0 Å². The second-order valence-corrected chi connectivity index (χ2v) is 10.0. The molecule has 4 nitrogen and oxygen atoms in total. The molecule has 5 rings (SSSR count). The lowest BCUT2D eigenvalue weighted by molar-refractivity contribution is 0.0692. The van der Waals surface area contributed by atoms with E-state index in [4.69, 9.17) is 5.73 Å². The molecule has 4 heteroatoms. The number of benzene rings is 1. The molecule has 4 atom stereocenters. The number of anilines is 1. The van der Waals surface area contributed by atoms with Gasteiger partial charge < -0.3 is 10.6 Å². The van der Waals surface area contributed by atoms with Crippen LogP contribution in [-0.2, 0) is 5.41 Å². The molecule has 2 amide bonds. The average Bonchev–Trinajstić information content (AvgIpc) is 3.31. The zero-order chi connectivity index (χ0) is 19.3. The van der Waals surface area contributed by atoms with Crippen LogP contribution >= 0.6 is 0 Å². The van der Waals surface area contributed by atoms with Gasteiger partial charge in [0.15, 0.2) is 0 Å². The molecule has 2 bridgehead atoms. The standard InChI is InChI=1S/C24H35N3O/c1-17(20-16-18-7-8-19(20)15-18)26-13-10-24(11-14-26)9-4-12-27(23(25)28)22-6-3-2-5-21(22)24/h2-3,5-6,17-20H,4,7-16H2,1H3,(H2,25,28). The van der Waals surface area contributed by atoms with Crippen LogP contribution in [-0.4, -0.2) is 36.6 Å². The van der Waals surface area contributed by atoms with Crippen molar-refractivity contribution in [1.29, 1.82) is 0 Å². The Morgan fingerprint density at radius 2 is 1.89 bits per heavy atom. The zero-order valence-corrected chi connectivity index (χ0v) is 17.3. The first-order valence-corrected chi connectivity index (χ1v) is 11.5. The van der Waals surface area contributed by atoms with Gasteiger partial charge in [-0.3, -0.25) is 4.90 Å². The molecule has 2 aliphatic heterocycles. The van der Waals surface area contributed by atoms with Crippen molar-refractivity contribution >= 4 is 11.7 Å². The number of hydrogen-bond acceptors (Lipinski definition) is 2. The Kier molecular flexibility index (Phi) is 4.65. The Morgan fingerprint density at radius 1 is 1.11 bits per heavy atom. The van der Waals surface area contributed by atoms with E-state index in [0.29, 0.717) is 0 Å². The summed E-state index contributed by atoms with van der Waals surface area (Å²) in [4.78, 5) is 16.6. The number of rotatable bonds is 2. The summed E-state index contributed by atoms with van der Waals surface area (Å²) in [7, 11) is 0. The summed E-state index contributed by atoms with van der Waals surface area (Å²) in [6.45, 7) is 5.64. The van der Waals surface area contributed by atoms with Gasteiger partial charge in [-0.25, -0.2) is 4.79 Å². The molecule has 1 spiro atoms. The Balaban J connectivity index is 1.34. The molecule has 28 heavy (non-hydrogen) atoms. The highest BCUT2D eigenvalue weighted by molar-refractivity contribution is 5.92. The Bertz CT molecular complexity index is 739. The van der Waals surface area contributed by atoms with E-state index in [-0.39, 0.29) is 11.4 Å². The van der Waals surface area contributed by atoms with Crippen LogP contribution in [0, 0.1) is 17.8 Å². The largest absolute Gasteiger partial charge is 0.351 e. The highest BCUT2D eigenvalue weighted by Gasteiger charge is 2.46. The topological polar surface area (TPSA) is 49.6 Å². The molecular weight excluding hydrogens is 346 g/mol. The van der Waals surface area contributed by atoms with Crippen molar-refractivity contribution in [2.24, 2.45) is 23.5 Å². The fourth-order valence-electron chi connectivity index (χ4n) is 7.25. The molecule has 152 valence electrons. The van der Waals surface area contributed by atoms with E-state index in [0.717, 1.165) is 42.4 Å². The van der Waals surface area contributed by atoms with Gasteiger partial charge in [-0.2, -0.15) is 0 Å². The normalized spacial score (nSPS) is 32.9. The molecule has 2 saturated carbocycles. The minimum Gasteiger partial charge on any atom is -0.351 e. The molecule has 1 aromatic rings. The zero-order valence-electron chi connectivity index (χ0n) is 17.3. The van der Waals surface area contributed by atoms with Crippen molar-refractivity contribution in [3.8, 4) is 0 Å². The molecule has 4 unspecified atom stereocenters. The van der Waals surface area contributed by atoms with Crippen molar-refractivity contribution in [3.63, 3.8) is 0 Å². The highest BCUT2D eigenvalue weighted by Crippen LogP contribution is 2.51. The third-order valence-electron chi connectivity index (χ3n) is 8.81. The smallest absolute Gasteiger partial charge is 0.319 e. The van der Waals surface area contributed by atoms with Gasteiger partial charge in [-0.05, 0) is 99.8 Å². The molecule has 4 aliphatic rings. The SMILES string of the molecule is CC(C1CC2CCC1C2)N1CCC2(CCCN(C(N)=O)c3ccccc32)CC1. The number of carbonyl (C=O) groups excluding carboxylic acids is 1. The van der Waals surface area contributed by atoms with E-state index in [1.807, 2.05) is 6.07 Å². The number of amides is 2. The molecule has 0 aromatic heterocycles. The van der Waals surface area contributed by atoms with E-state index in [9.17, 15) is 4.79 Å². The van der Waals surface area contributed by atoms with Gasteiger partial charge in [0.05, 0.1) is 0 Å². The van der Waals surface area contributed by atoms with E-state index < -0.39 is 0 Å². The van der Waals surface area contributed by atoms with E-state index >= 15 is 0 Å². The summed E-state index contributed by atoms with van der Waals surface area (Å²) >= 11 is 0. The molecular formula is C24H35N3O. The third kappa shape index (κ3) is 2.96. The number of nitrogens with zero attached hydrogens (tertiary/aromatic N) is 2. The van der Waals surface area contributed by atoms with Gasteiger partial charge >= 0.3 is 6.03 Å². The van der Waals surface area contributed by atoms with E-state index in [2.05, 4.69) is 30.0 Å². The van der Waals surface area contributed by atoms with Crippen molar-refractivity contribution in [2.45, 2.75) is 69.7 Å². The van der Waals surface area contributed by atoms with Gasteiger partial charge in [0.25, 0.3) is 0 Å². The van der Waals surface area contributed by atoms with Gasteiger partial charge in [0.2, 0.25) is 0 Å². The maximum atomic E-state index is 12.0. The number of piperidine rings is 1. The summed E-state index contributed by atoms with van der Waals surface area (Å²) in [5.41, 5.74) is 8.34. The predicted molar refractivity (Wildman–Crippen MR) is 113 cm³/mol. The van der Waals surface area contributed by atoms with Crippen LogP contribution in [0.5, 0.6) is 0 Å². The minimum atomic E-state index is -0.313. The maximum absolute atomic E-state index is 12.0.